The number of carboxylic acids is 1. The monoisotopic (exact) mass is 720 g/mol. The summed E-state index contributed by atoms with van der Waals surface area (Å²) in [6.07, 6.45) is 20.6. The molecule has 1 aliphatic rings. The van der Waals surface area contributed by atoms with E-state index in [1.54, 1.807) is 24.3 Å². The zero-order chi connectivity index (χ0) is 34.7. The van der Waals surface area contributed by atoms with Crippen molar-refractivity contribution in [1.82, 2.24) is 5.43 Å². The summed E-state index contributed by atoms with van der Waals surface area (Å²) in [6.45, 7) is 2.26. The molecule has 2 amide bonds. The molecule has 2 aromatic rings. The Kier molecular flexibility index (Phi) is 18.2. The highest BCUT2D eigenvalue weighted by atomic mass is 35.5. The number of carbonyl (C=O) groups is 3. The van der Waals surface area contributed by atoms with Crippen molar-refractivity contribution in [2.45, 2.75) is 129 Å². The summed E-state index contributed by atoms with van der Waals surface area (Å²) in [5, 5.41) is 14.5. The fraction of sp³-hybridized carbons (Fsp3) is 0.568. The molecule has 1 unspecified atom stereocenters. The summed E-state index contributed by atoms with van der Waals surface area (Å²) in [4.78, 5) is 41.9. The molecule has 2 aromatic carbocycles. The molecular weight excluding hydrogens is 671 g/mol. The molecule has 1 saturated heterocycles. The summed E-state index contributed by atoms with van der Waals surface area (Å²) < 4.78 is 0. The molecular formula is C37H51Cl3N4O4. The summed E-state index contributed by atoms with van der Waals surface area (Å²) in [5.74, 6) is -1.97. The maximum absolute atomic E-state index is 12.8. The van der Waals surface area contributed by atoms with Crippen molar-refractivity contribution in [1.29, 1.82) is 0 Å². The van der Waals surface area contributed by atoms with Crippen molar-refractivity contribution in [2.24, 2.45) is 10.9 Å². The van der Waals surface area contributed by atoms with Gasteiger partial charge in [0.15, 0.2) is 0 Å². The fourth-order valence-corrected chi connectivity index (χ4v) is 6.93. The van der Waals surface area contributed by atoms with Crippen LogP contribution >= 0.6 is 34.8 Å². The van der Waals surface area contributed by atoms with E-state index in [0.29, 0.717) is 28.7 Å². The zero-order valence-electron chi connectivity index (χ0n) is 28.2. The second-order valence-electron chi connectivity index (χ2n) is 12.7. The molecule has 0 radical (unpaired) electrons. The number of anilines is 2. The Bertz CT molecular complexity index is 1350. The molecule has 1 heterocycles. The number of nitrogens with zero attached hydrogens (tertiary/aromatic N) is 2. The molecule has 0 bridgehead atoms. The molecule has 0 aromatic heterocycles. The van der Waals surface area contributed by atoms with Crippen molar-refractivity contribution >= 4 is 75.5 Å². The molecule has 264 valence electrons. The Labute approximate surface area is 301 Å². The average molecular weight is 722 g/mol. The number of unbranched alkanes of at least 4 members (excludes halogenated alkanes) is 15. The van der Waals surface area contributed by atoms with Gasteiger partial charge in [0.05, 0.1) is 28.1 Å². The lowest BCUT2D eigenvalue weighted by atomic mass is 9.96. The maximum atomic E-state index is 12.8. The number of hydrazine groups is 1. The van der Waals surface area contributed by atoms with Crippen LogP contribution < -0.4 is 15.8 Å². The van der Waals surface area contributed by atoms with Gasteiger partial charge >= 0.3 is 5.97 Å². The van der Waals surface area contributed by atoms with Gasteiger partial charge in [-0.25, -0.2) is 10.0 Å². The molecule has 1 fully saturated rings. The Balaban J connectivity index is 1.34. The molecule has 0 spiro atoms. The van der Waals surface area contributed by atoms with Gasteiger partial charge in [0.25, 0.3) is 5.91 Å². The Morgan fingerprint density at radius 2 is 1.40 bits per heavy atom. The van der Waals surface area contributed by atoms with Crippen LogP contribution in [0.4, 0.5) is 17.1 Å². The van der Waals surface area contributed by atoms with Crippen LogP contribution in [0.3, 0.4) is 0 Å². The quantitative estimate of drug-likeness (QED) is 0.0989. The molecule has 3 rings (SSSR count). The molecule has 8 nitrogen and oxygen atoms in total. The van der Waals surface area contributed by atoms with E-state index in [-0.39, 0.29) is 40.4 Å². The third-order valence-electron chi connectivity index (χ3n) is 8.60. The second-order valence-corrected chi connectivity index (χ2v) is 14.0. The van der Waals surface area contributed by atoms with E-state index in [4.69, 9.17) is 34.8 Å². The first-order valence-corrected chi connectivity index (χ1v) is 18.8. The van der Waals surface area contributed by atoms with Crippen molar-refractivity contribution in [2.75, 3.05) is 10.3 Å². The number of aliphatic imine (C=N–C) groups is 1. The number of hydrogen-bond donors (Lipinski definition) is 3. The first-order chi connectivity index (χ1) is 23.2. The highest BCUT2D eigenvalue weighted by molar-refractivity contribution is 6.42. The van der Waals surface area contributed by atoms with Gasteiger partial charge in [0, 0.05) is 17.1 Å². The summed E-state index contributed by atoms with van der Waals surface area (Å²) in [7, 11) is 0. The van der Waals surface area contributed by atoms with Crippen LogP contribution in [0.2, 0.25) is 15.1 Å². The van der Waals surface area contributed by atoms with Crippen LogP contribution in [0.1, 0.15) is 129 Å². The number of nitrogens with one attached hydrogen (secondary N) is 2. The van der Waals surface area contributed by atoms with Crippen molar-refractivity contribution in [3.05, 3.63) is 51.5 Å². The van der Waals surface area contributed by atoms with Gasteiger partial charge in [-0.1, -0.05) is 151 Å². The number of carboxylic acid groups (broad SMARTS) is 1. The number of amides is 2. The average Bonchev–Trinajstić information content (AvgIpc) is 3.38. The van der Waals surface area contributed by atoms with Crippen LogP contribution in [-0.2, 0) is 14.4 Å². The summed E-state index contributed by atoms with van der Waals surface area (Å²) >= 11 is 18.6. The molecule has 3 N–H and O–H groups in total. The highest BCUT2D eigenvalue weighted by Gasteiger charge is 2.30. The Morgan fingerprint density at radius 1 is 0.854 bits per heavy atom. The van der Waals surface area contributed by atoms with E-state index in [1.807, 2.05) is 0 Å². The first kappa shape index (κ1) is 39.6. The third-order valence-corrected chi connectivity index (χ3v) is 9.39. The van der Waals surface area contributed by atoms with Gasteiger partial charge in [0.1, 0.15) is 11.5 Å². The Hall–Kier alpha value is -2.81. The largest absolute Gasteiger partial charge is 0.481 e. The summed E-state index contributed by atoms with van der Waals surface area (Å²) in [5.41, 5.74) is 4.20. The highest BCUT2D eigenvalue weighted by Crippen LogP contribution is 2.37. The van der Waals surface area contributed by atoms with Crippen LogP contribution in [-0.4, -0.2) is 28.7 Å². The van der Waals surface area contributed by atoms with Gasteiger partial charge in [-0.05, 0) is 36.8 Å². The van der Waals surface area contributed by atoms with E-state index >= 15 is 0 Å². The smallest absolute Gasteiger partial charge is 0.307 e. The van der Waals surface area contributed by atoms with Gasteiger partial charge < -0.3 is 10.4 Å². The second kappa shape index (κ2) is 22.0. The molecule has 0 aliphatic carbocycles. The number of carbonyl (C=O) groups excluding carboxylic acids is 2. The van der Waals surface area contributed by atoms with E-state index in [1.165, 1.54) is 101 Å². The lowest BCUT2D eigenvalue weighted by Crippen LogP contribution is -2.36. The van der Waals surface area contributed by atoms with Crippen molar-refractivity contribution in [3.8, 4) is 0 Å². The fourth-order valence-electron chi connectivity index (χ4n) is 5.94. The molecule has 0 saturated carbocycles. The number of aliphatic carboxylic acids is 1. The number of amidine groups is 1. The molecule has 11 heteroatoms. The van der Waals surface area contributed by atoms with E-state index < -0.39 is 11.9 Å². The molecule has 1 aliphatic heterocycles. The topological polar surface area (TPSA) is 111 Å². The van der Waals surface area contributed by atoms with Crippen LogP contribution in [0.25, 0.3) is 0 Å². The normalized spacial score (nSPS) is 14.4. The SMILES string of the molecule is CCCCCCCCCCCCCCCCCCC(CC(=O)Nc1cccc(N=C2CC(=O)N(c3c(Cl)cc(Cl)cc3Cl)N2)c1)C(=O)O. The van der Waals surface area contributed by atoms with Crippen molar-refractivity contribution < 1.29 is 19.5 Å². The molecule has 48 heavy (non-hydrogen) atoms. The van der Waals surface area contributed by atoms with E-state index in [9.17, 15) is 19.5 Å². The van der Waals surface area contributed by atoms with Gasteiger partial charge in [-0.15, -0.1) is 0 Å². The van der Waals surface area contributed by atoms with E-state index in [2.05, 4.69) is 22.7 Å². The minimum Gasteiger partial charge on any atom is -0.481 e. The summed E-state index contributed by atoms with van der Waals surface area (Å²) in [6, 6.07) is 9.82. The van der Waals surface area contributed by atoms with Gasteiger partial charge in [0.2, 0.25) is 5.91 Å². The van der Waals surface area contributed by atoms with E-state index in [0.717, 1.165) is 19.3 Å². The third kappa shape index (κ3) is 14.4. The maximum Gasteiger partial charge on any atom is 0.307 e. The Morgan fingerprint density at radius 3 is 1.94 bits per heavy atom. The van der Waals surface area contributed by atoms with Crippen LogP contribution in [0.15, 0.2) is 41.4 Å². The van der Waals surface area contributed by atoms with Crippen LogP contribution in [0.5, 0.6) is 0 Å². The number of rotatable bonds is 23. The predicted octanol–water partition coefficient (Wildman–Crippen LogP) is 11.3. The lowest BCUT2D eigenvalue weighted by molar-refractivity contribution is -0.143. The van der Waals surface area contributed by atoms with Gasteiger partial charge in [-0.2, -0.15) is 0 Å². The zero-order valence-corrected chi connectivity index (χ0v) is 30.4. The number of hydrogen-bond acceptors (Lipinski definition) is 4. The number of halogens is 3. The standard InChI is InChI=1S/C37H51Cl3N4O4/c1-2-3-4-5-6-7-8-9-10-11-12-13-14-15-16-17-19-27(37(47)48)22-34(45)42-30-21-18-20-29(25-30)41-33-26-35(46)44(43-33)36-31(39)23-28(38)24-32(36)40/h18,20-21,23-25,27H,2-17,19,22,26H2,1H3,(H,41,43)(H,42,45)(H,47,48). The predicted molar refractivity (Wildman–Crippen MR) is 199 cm³/mol. The lowest BCUT2D eigenvalue weighted by Gasteiger charge is -2.19. The van der Waals surface area contributed by atoms with Crippen LogP contribution in [0, 0.1) is 5.92 Å². The number of benzene rings is 2. The first-order valence-electron chi connectivity index (χ1n) is 17.6. The molecule has 1 atom stereocenters. The van der Waals surface area contributed by atoms with Gasteiger partial charge in [-0.3, -0.25) is 19.8 Å². The minimum absolute atomic E-state index is 0.00841. The van der Waals surface area contributed by atoms with Crippen molar-refractivity contribution in [3.63, 3.8) is 0 Å². The minimum atomic E-state index is -0.950.